The maximum atomic E-state index is 11.4. The molecule has 6 heteroatoms. The first-order chi connectivity index (χ1) is 7.16. The molecule has 0 aliphatic heterocycles. The molecule has 1 amide bonds. The second-order valence-corrected chi connectivity index (χ2v) is 3.34. The summed E-state index contributed by atoms with van der Waals surface area (Å²) in [7, 11) is 0. The van der Waals surface area contributed by atoms with Crippen LogP contribution < -0.4 is 5.32 Å². The first-order valence-electron chi connectivity index (χ1n) is 4.53. The van der Waals surface area contributed by atoms with E-state index in [-0.39, 0.29) is 23.3 Å². The van der Waals surface area contributed by atoms with Crippen LogP contribution in [-0.4, -0.2) is 33.0 Å². The fourth-order valence-electron chi connectivity index (χ4n) is 1.04. The van der Waals surface area contributed by atoms with Gasteiger partial charge in [-0.3, -0.25) is 4.79 Å². The van der Waals surface area contributed by atoms with E-state index in [1.54, 1.807) is 0 Å². The number of nitrogens with one attached hydrogen (secondary N) is 1. The lowest BCUT2D eigenvalue weighted by molar-refractivity contribution is 0.0689. The third-order valence-corrected chi connectivity index (χ3v) is 2.02. The molecule has 78 valence electrons. The number of carbonyl (C=O) groups excluding carboxylic acids is 1. The van der Waals surface area contributed by atoms with E-state index in [9.17, 15) is 9.59 Å². The van der Waals surface area contributed by atoms with Gasteiger partial charge in [-0.15, -0.1) is 0 Å². The molecule has 0 atom stereocenters. The Kier molecular flexibility index (Phi) is 2.32. The van der Waals surface area contributed by atoms with Crippen molar-refractivity contribution in [2.45, 2.75) is 18.9 Å². The molecule has 0 aromatic carbocycles. The number of hydrogen-bond acceptors (Lipinski definition) is 4. The highest BCUT2D eigenvalue weighted by atomic mass is 16.4. The number of carboxylic acids is 1. The number of hydrogen-bond donors (Lipinski definition) is 2. The van der Waals surface area contributed by atoms with E-state index in [4.69, 9.17) is 5.11 Å². The summed E-state index contributed by atoms with van der Waals surface area (Å²) in [4.78, 5) is 29.2. The Hall–Kier alpha value is -1.98. The minimum Gasteiger partial charge on any atom is -0.476 e. The Morgan fingerprint density at radius 1 is 1.27 bits per heavy atom. The normalized spacial score (nSPS) is 14.7. The largest absolute Gasteiger partial charge is 0.476 e. The second-order valence-electron chi connectivity index (χ2n) is 3.34. The molecule has 1 fully saturated rings. The number of carbonyl (C=O) groups is 2. The van der Waals surface area contributed by atoms with Crippen LogP contribution in [0.5, 0.6) is 0 Å². The molecule has 15 heavy (non-hydrogen) atoms. The predicted octanol–water partition coefficient (Wildman–Crippen LogP) is 0.0670. The second kappa shape index (κ2) is 3.64. The molecule has 1 aliphatic carbocycles. The van der Waals surface area contributed by atoms with E-state index in [2.05, 4.69) is 15.3 Å². The minimum atomic E-state index is -1.16. The van der Waals surface area contributed by atoms with Crippen molar-refractivity contribution in [3.05, 3.63) is 23.8 Å². The molecule has 2 N–H and O–H groups in total. The predicted molar refractivity (Wildman–Crippen MR) is 49.5 cm³/mol. The molecule has 0 saturated heterocycles. The van der Waals surface area contributed by atoms with E-state index in [0.29, 0.717) is 0 Å². The monoisotopic (exact) mass is 207 g/mol. The summed E-state index contributed by atoms with van der Waals surface area (Å²) >= 11 is 0. The van der Waals surface area contributed by atoms with Gasteiger partial charge in [-0.05, 0) is 12.8 Å². The number of carboxylic acid groups (broad SMARTS) is 1. The number of aromatic nitrogens is 2. The average Bonchev–Trinajstić information content (AvgIpc) is 3.02. The molecule has 1 aromatic heterocycles. The van der Waals surface area contributed by atoms with Crippen LogP contribution in [-0.2, 0) is 0 Å². The van der Waals surface area contributed by atoms with Gasteiger partial charge < -0.3 is 10.4 Å². The highest BCUT2D eigenvalue weighted by Crippen LogP contribution is 2.18. The fraction of sp³-hybridized carbons (Fsp3) is 0.333. The lowest BCUT2D eigenvalue weighted by atomic mass is 10.4. The van der Waals surface area contributed by atoms with Crippen molar-refractivity contribution in [2.75, 3.05) is 0 Å². The van der Waals surface area contributed by atoms with Gasteiger partial charge in [0, 0.05) is 6.04 Å². The molecule has 0 unspecified atom stereocenters. The van der Waals surface area contributed by atoms with Gasteiger partial charge in [-0.25, -0.2) is 14.8 Å². The number of nitrogens with zero attached hydrogens (tertiary/aromatic N) is 2. The summed E-state index contributed by atoms with van der Waals surface area (Å²) in [5.74, 6) is -1.46. The van der Waals surface area contributed by atoms with Crippen LogP contribution >= 0.6 is 0 Å². The molecule has 1 heterocycles. The molecule has 2 rings (SSSR count). The van der Waals surface area contributed by atoms with Gasteiger partial charge >= 0.3 is 5.97 Å². The van der Waals surface area contributed by atoms with Crippen molar-refractivity contribution in [3.8, 4) is 0 Å². The van der Waals surface area contributed by atoms with Crippen LogP contribution in [0.3, 0.4) is 0 Å². The van der Waals surface area contributed by atoms with Gasteiger partial charge in [0.05, 0.1) is 12.4 Å². The van der Waals surface area contributed by atoms with Crippen LogP contribution in [0.1, 0.15) is 33.8 Å². The summed E-state index contributed by atoms with van der Waals surface area (Å²) < 4.78 is 0. The van der Waals surface area contributed by atoms with E-state index < -0.39 is 5.97 Å². The zero-order chi connectivity index (χ0) is 10.8. The SMILES string of the molecule is O=C(O)c1cnc(C(=O)NC2CC2)cn1. The summed E-state index contributed by atoms with van der Waals surface area (Å²) in [6.45, 7) is 0. The zero-order valence-corrected chi connectivity index (χ0v) is 7.80. The van der Waals surface area contributed by atoms with Gasteiger partial charge in [0.1, 0.15) is 5.69 Å². The average molecular weight is 207 g/mol. The van der Waals surface area contributed by atoms with Crippen LogP contribution in [0.4, 0.5) is 0 Å². The molecular weight excluding hydrogens is 198 g/mol. The smallest absolute Gasteiger partial charge is 0.356 e. The lowest BCUT2D eigenvalue weighted by Crippen LogP contribution is -2.26. The van der Waals surface area contributed by atoms with Crippen molar-refractivity contribution < 1.29 is 14.7 Å². The summed E-state index contributed by atoms with van der Waals surface area (Å²) in [6, 6.07) is 0.249. The van der Waals surface area contributed by atoms with Gasteiger partial charge in [0.25, 0.3) is 5.91 Å². The quantitative estimate of drug-likeness (QED) is 0.731. The van der Waals surface area contributed by atoms with Crippen LogP contribution in [0.15, 0.2) is 12.4 Å². The van der Waals surface area contributed by atoms with E-state index in [1.807, 2.05) is 0 Å². The molecule has 6 nitrogen and oxygen atoms in total. The van der Waals surface area contributed by atoms with Gasteiger partial charge in [-0.2, -0.15) is 0 Å². The van der Waals surface area contributed by atoms with Crippen LogP contribution in [0.2, 0.25) is 0 Å². The number of aromatic carboxylic acids is 1. The molecule has 1 aromatic rings. The van der Waals surface area contributed by atoms with Crippen LogP contribution in [0.25, 0.3) is 0 Å². The third-order valence-electron chi connectivity index (χ3n) is 2.02. The standard InChI is InChI=1S/C9H9N3O3/c13-8(12-5-1-2-5)6-3-11-7(4-10-6)9(14)15/h3-5H,1-2H2,(H,12,13)(H,14,15). The molecule has 0 spiro atoms. The molecule has 1 aliphatic rings. The van der Waals surface area contributed by atoms with Gasteiger partial charge in [0.15, 0.2) is 5.69 Å². The van der Waals surface area contributed by atoms with E-state index in [1.165, 1.54) is 6.20 Å². The number of amides is 1. The van der Waals surface area contributed by atoms with Crippen molar-refractivity contribution in [2.24, 2.45) is 0 Å². The van der Waals surface area contributed by atoms with Gasteiger partial charge in [0.2, 0.25) is 0 Å². The maximum absolute atomic E-state index is 11.4. The zero-order valence-electron chi connectivity index (χ0n) is 7.80. The fourth-order valence-corrected chi connectivity index (χ4v) is 1.04. The topological polar surface area (TPSA) is 92.2 Å². The Morgan fingerprint density at radius 3 is 2.33 bits per heavy atom. The first kappa shape index (κ1) is 9.57. The third kappa shape index (κ3) is 2.28. The number of rotatable bonds is 3. The van der Waals surface area contributed by atoms with Crippen LogP contribution in [0, 0.1) is 0 Å². The summed E-state index contributed by atoms with van der Waals surface area (Å²) in [5.41, 5.74) is -0.0233. The Bertz CT molecular complexity index is 398. The van der Waals surface area contributed by atoms with E-state index in [0.717, 1.165) is 19.0 Å². The molecular formula is C9H9N3O3. The summed E-state index contributed by atoms with van der Waals surface area (Å²) in [6.07, 6.45) is 4.23. The molecule has 0 bridgehead atoms. The highest BCUT2D eigenvalue weighted by Gasteiger charge is 2.24. The first-order valence-corrected chi connectivity index (χ1v) is 4.53. The highest BCUT2D eigenvalue weighted by molar-refractivity contribution is 5.93. The van der Waals surface area contributed by atoms with Crippen molar-refractivity contribution in [1.82, 2.24) is 15.3 Å². The Balaban J connectivity index is 2.08. The van der Waals surface area contributed by atoms with E-state index >= 15 is 0 Å². The van der Waals surface area contributed by atoms with Crippen molar-refractivity contribution >= 4 is 11.9 Å². The van der Waals surface area contributed by atoms with Crippen molar-refractivity contribution in [3.63, 3.8) is 0 Å². The Labute approximate surface area is 85.4 Å². The maximum Gasteiger partial charge on any atom is 0.356 e. The lowest BCUT2D eigenvalue weighted by Gasteiger charge is -2.01. The summed E-state index contributed by atoms with van der Waals surface area (Å²) in [5, 5.41) is 11.3. The molecule has 0 radical (unpaired) electrons. The minimum absolute atomic E-state index is 0.145. The Morgan fingerprint density at radius 2 is 1.87 bits per heavy atom. The van der Waals surface area contributed by atoms with Gasteiger partial charge in [-0.1, -0.05) is 0 Å². The van der Waals surface area contributed by atoms with Crippen molar-refractivity contribution in [1.29, 1.82) is 0 Å². The molecule has 1 saturated carbocycles.